The van der Waals surface area contributed by atoms with Crippen LogP contribution in [0.2, 0.25) is 0 Å². The van der Waals surface area contributed by atoms with E-state index in [1.807, 2.05) is 12.1 Å². The molecule has 0 unspecified atom stereocenters. The van der Waals surface area contributed by atoms with Crippen LogP contribution in [0.1, 0.15) is 16.2 Å². The maximum atomic E-state index is 13.8. The van der Waals surface area contributed by atoms with Gasteiger partial charge in [-0.25, -0.2) is 13.6 Å². The maximum absolute atomic E-state index is 13.8. The Kier molecular flexibility index (Phi) is 3.96. The summed E-state index contributed by atoms with van der Waals surface area (Å²) in [5.41, 5.74) is 0.928. The molecule has 0 saturated heterocycles. The van der Waals surface area contributed by atoms with Crippen LogP contribution in [0.15, 0.2) is 63.5 Å². The lowest BCUT2D eigenvalue weighted by Crippen LogP contribution is -2.03. The van der Waals surface area contributed by atoms with Gasteiger partial charge in [0.25, 0.3) is 0 Å². The third kappa shape index (κ3) is 3.06. The molecule has 0 saturated carbocycles. The minimum absolute atomic E-state index is 0.0637. The summed E-state index contributed by atoms with van der Waals surface area (Å²) in [6, 6.07) is 13.3. The standard InChI is InChI=1S/C19H11F2NO4/c20-12-5-6-14(15(21)8-12)17-9-13(22-26-17)10-24-19(23)18-7-11-3-1-2-4-16(11)25-18/h1-9H,10H2. The Hall–Kier alpha value is -3.48. The van der Waals surface area contributed by atoms with E-state index in [2.05, 4.69) is 5.16 Å². The normalized spacial score (nSPS) is 11.0. The predicted octanol–water partition coefficient (Wildman–Crippen LogP) is 4.72. The van der Waals surface area contributed by atoms with E-state index < -0.39 is 17.6 Å². The van der Waals surface area contributed by atoms with Crippen molar-refractivity contribution in [1.29, 1.82) is 0 Å². The summed E-state index contributed by atoms with van der Waals surface area (Å²) in [7, 11) is 0. The van der Waals surface area contributed by atoms with Crippen LogP contribution in [0.3, 0.4) is 0 Å². The number of esters is 1. The lowest BCUT2D eigenvalue weighted by molar-refractivity contribution is 0.0430. The van der Waals surface area contributed by atoms with E-state index in [0.717, 1.165) is 17.5 Å². The molecule has 26 heavy (non-hydrogen) atoms. The number of para-hydroxylation sites is 1. The number of nitrogens with zero attached hydrogens (tertiary/aromatic N) is 1. The lowest BCUT2D eigenvalue weighted by Gasteiger charge is -1.98. The number of ether oxygens (including phenoxy) is 1. The van der Waals surface area contributed by atoms with Crippen LogP contribution in [0, 0.1) is 11.6 Å². The molecule has 0 aliphatic rings. The largest absolute Gasteiger partial charge is 0.453 e. The number of carbonyl (C=O) groups is 1. The SMILES string of the molecule is O=C(OCc1cc(-c2ccc(F)cc2F)on1)c1cc2ccccc2o1. The highest BCUT2D eigenvalue weighted by Crippen LogP contribution is 2.25. The molecule has 0 radical (unpaired) electrons. The van der Waals surface area contributed by atoms with Crippen LogP contribution in [0.25, 0.3) is 22.3 Å². The van der Waals surface area contributed by atoms with Crippen molar-refractivity contribution in [3.8, 4) is 11.3 Å². The number of carbonyl (C=O) groups excluding carboxylic acids is 1. The second kappa shape index (κ2) is 6.44. The van der Waals surface area contributed by atoms with E-state index in [1.54, 1.807) is 18.2 Å². The third-order valence-corrected chi connectivity index (χ3v) is 3.73. The van der Waals surface area contributed by atoms with Crippen LogP contribution < -0.4 is 0 Å². The molecule has 7 heteroatoms. The maximum Gasteiger partial charge on any atom is 0.374 e. The van der Waals surface area contributed by atoms with Crippen LogP contribution in [0.4, 0.5) is 8.78 Å². The van der Waals surface area contributed by atoms with Crippen molar-refractivity contribution in [2.24, 2.45) is 0 Å². The summed E-state index contributed by atoms with van der Waals surface area (Å²) in [5.74, 6) is -1.94. The molecule has 0 aliphatic carbocycles. The van der Waals surface area contributed by atoms with Gasteiger partial charge in [-0.15, -0.1) is 0 Å². The van der Waals surface area contributed by atoms with Crippen molar-refractivity contribution in [3.05, 3.63) is 77.7 Å². The molecular formula is C19H11F2NO4. The van der Waals surface area contributed by atoms with E-state index in [0.29, 0.717) is 5.58 Å². The first-order valence-corrected chi connectivity index (χ1v) is 7.67. The summed E-state index contributed by atoms with van der Waals surface area (Å²) < 4.78 is 42.3. The van der Waals surface area contributed by atoms with E-state index in [-0.39, 0.29) is 29.4 Å². The highest BCUT2D eigenvalue weighted by molar-refractivity contribution is 5.92. The molecule has 130 valence electrons. The highest BCUT2D eigenvalue weighted by Gasteiger charge is 2.16. The number of rotatable bonds is 4. The first-order chi connectivity index (χ1) is 12.6. The van der Waals surface area contributed by atoms with Gasteiger partial charge in [-0.1, -0.05) is 23.4 Å². The lowest BCUT2D eigenvalue weighted by atomic mass is 10.1. The Labute approximate surface area is 145 Å². The highest BCUT2D eigenvalue weighted by atomic mass is 19.1. The zero-order chi connectivity index (χ0) is 18.1. The fraction of sp³-hybridized carbons (Fsp3) is 0.0526. The molecule has 4 rings (SSSR count). The average molecular weight is 355 g/mol. The van der Waals surface area contributed by atoms with Crippen LogP contribution in [-0.2, 0) is 11.3 Å². The fourth-order valence-electron chi connectivity index (χ4n) is 2.49. The van der Waals surface area contributed by atoms with Crippen molar-refractivity contribution in [1.82, 2.24) is 5.16 Å². The molecule has 0 aliphatic heterocycles. The Morgan fingerprint density at radius 2 is 1.92 bits per heavy atom. The number of aromatic nitrogens is 1. The van der Waals surface area contributed by atoms with Gasteiger partial charge in [0.1, 0.15) is 29.5 Å². The van der Waals surface area contributed by atoms with Crippen molar-refractivity contribution in [3.63, 3.8) is 0 Å². The predicted molar refractivity (Wildman–Crippen MR) is 87.2 cm³/mol. The summed E-state index contributed by atoms with van der Waals surface area (Å²) in [6.45, 7) is -0.178. The Balaban J connectivity index is 1.46. The number of hydrogen-bond acceptors (Lipinski definition) is 5. The van der Waals surface area contributed by atoms with Gasteiger partial charge >= 0.3 is 5.97 Å². The summed E-state index contributed by atoms with van der Waals surface area (Å²) in [6.07, 6.45) is 0. The summed E-state index contributed by atoms with van der Waals surface area (Å²) in [5, 5.41) is 4.51. The monoisotopic (exact) mass is 355 g/mol. The van der Waals surface area contributed by atoms with Crippen molar-refractivity contribution < 1.29 is 27.3 Å². The number of furan rings is 1. The molecule has 2 aromatic carbocycles. The van der Waals surface area contributed by atoms with Crippen molar-refractivity contribution in [2.45, 2.75) is 6.61 Å². The van der Waals surface area contributed by atoms with E-state index in [1.165, 1.54) is 12.1 Å². The van der Waals surface area contributed by atoms with Crippen LogP contribution in [0.5, 0.6) is 0 Å². The molecule has 0 amide bonds. The van der Waals surface area contributed by atoms with Gasteiger partial charge < -0.3 is 13.7 Å². The third-order valence-electron chi connectivity index (χ3n) is 3.73. The topological polar surface area (TPSA) is 65.5 Å². The van der Waals surface area contributed by atoms with Gasteiger partial charge in [0.05, 0.1) is 5.56 Å². The van der Waals surface area contributed by atoms with Gasteiger partial charge in [-0.05, 0) is 24.3 Å². The quantitative estimate of drug-likeness (QED) is 0.496. The first-order valence-electron chi connectivity index (χ1n) is 7.67. The second-order valence-corrected chi connectivity index (χ2v) is 5.53. The second-order valence-electron chi connectivity index (χ2n) is 5.53. The molecular weight excluding hydrogens is 344 g/mol. The van der Waals surface area contributed by atoms with Gasteiger partial charge in [0, 0.05) is 17.5 Å². The summed E-state index contributed by atoms with van der Waals surface area (Å²) >= 11 is 0. The van der Waals surface area contributed by atoms with Crippen molar-refractivity contribution >= 4 is 16.9 Å². The van der Waals surface area contributed by atoms with Gasteiger partial charge in [0.2, 0.25) is 5.76 Å². The van der Waals surface area contributed by atoms with Gasteiger partial charge in [-0.2, -0.15) is 0 Å². The molecule has 2 heterocycles. The zero-order valence-electron chi connectivity index (χ0n) is 13.2. The number of hydrogen-bond donors (Lipinski definition) is 0. The molecule has 0 atom stereocenters. The van der Waals surface area contributed by atoms with E-state index in [4.69, 9.17) is 13.7 Å². The molecule has 4 aromatic rings. The minimum atomic E-state index is -0.771. The number of benzene rings is 2. The van der Waals surface area contributed by atoms with E-state index in [9.17, 15) is 13.6 Å². The van der Waals surface area contributed by atoms with Crippen LogP contribution >= 0.6 is 0 Å². The molecule has 5 nitrogen and oxygen atoms in total. The molecule has 2 aromatic heterocycles. The fourth-order valence-corrected chi connectivity index (χ4v) is 2.49. The summed E-state index contributed by atoms with van der Waals surface area (Å²) in [4.78, 5) is 12.1. The average Bonchev–Trinajstić information content (AvgIpc) is 3.26. The van der Waals surface area contributed by atoms with E-state index >= 15 is 0 Å². The minimum Gasteiger partial charge on any atom is -0.453 e. The van der Waals surface area contributed by atoms with Gasteiger partial charge in [-0.3, -0.25) is 0 Å². The van der Waals surface area contributed by atoms with Crippen molar-refractivity contribution in [2.75, 3.05) is 0 Å². The smallest absolute Gasteiger partial charge is 0.374 e. The van der Waals surface area contributed by atoms with Crippen LogP contribution in [-0.4, -0.2) is 11.1 Å². The Morgan fingerprint density at radius 1 is 1.08 bits per heavy atom. The van der Waals surface area contributed by atoms with Gasteiger partial charge in [0.15, 0.2) is 5.76 Å². The zero-order valence-corrected chi connectivity index (χ0v) is 13.2. The molecule has 0 spiro atoms. The first kappa shape index (κ1) is 16.0. The molecule has 0 bridgehead atoms. The molecule has 0 N–H and O–H groups in total. The Morgan fingerprint density at radius 3 is 2.73 bits per heavy atom. The number of halogens is 2. The Bertz CT molecular complexity index is 1070. The number of fused-ring (bicyclic) bond motifs is 1. The molecule has 0 fully saturated rings.